The van der Waals surface area contributed by atoms with E-state index in [9.17, 15) is 0 Å². The number of nitrogens with one attached hydrogen (secondary N) is 1. The molecule has 0 aliphatic rings. The number of rotatable bonds is 2. The second kappa shape index (κ2) is 4.92. The van der Waals surface area contributed by atoms with Gasteiger partial charge in [0.15, 0.2) is 5.69 Å². The van der Waals surface area contributed by atoms with E-state index in [1.54, 1.807) is 12.1 Å². The number of H-pyrrole nitrogens is 1. The number of nitrogens with zero attached hydrogens (tertiary/aromatic N) is 5. The molecule has 6 nitrogen and oxygen atoms in total. The average Bonchev–Trinajstić information content (AvgIpc) is 3.15. The maximum Gasteiger partial charge on any atom is 0.192 e. The third-order valence-corrected chi connectivity index (χ3v) is 3.55. The zero-order valence-electron chi connectivity index (χ0n) is 10.0. The maximum atomic E-state index is 8.92. The summed E-state index contributed by atoms with van der Waals surface area (Å²) in [5.74, 6) is 0. The lowest BCUT2D eigenvalue weighted by Crippen LogP contribution is -1.83. The van der Waals surface area contributed by atoms with Crippen LogP contribution in [0.25, 0.3) is 22.0 Å². The topological polar surface area (TPSA) is 102 Å². The number of nitriles is 2. The zero-order chi connectivity index (χ0) is 13.9. The molecule has 0 atom stereocenters. The van der Waals surface area contributed by atoms with E-state index in [1.807, 2.05) is 23.6 Å². The van der Waals surface area contributed by atoms with E-state index in [1.165, 1.54) is 11.3 Å². The molecule has 0 aliphatic carbocycles. The summed E-state index contributed by atoms with van der Waals surface area (Å²) in [7, 11) is 0. The third-order valence-electron chi connectivity index (χ3n) is 2.66. The number of thiazole rings is 1. The number of hydrogen-bond acceptors (Lipinski definition) is 6. The van der Waals surface area contributed by atoms with Crippen molar-refractivity contribution in [3.05, 3.63) is 40.9 Å². The molecule has 2 aromatic heterocycles. The molecular formula is C13H6N6S. The number of aromatic nitrogens is 4. The van der Waals surface area contributed by atoms with E-state index < -0.39 is 0 Å². The molecule has 0 saturated carbocycles. The zero-order valence-corrected chi connectivity index (χ0v) is 10.8. The Morgan fingerprint density at radius 1 is 1.05 bits per heavy atom. The monoisotopic (exact) mass is 278 g/mol. The van der Waals surface area contributed by atoms with Crippen molar-refractivity contribution in [1.29, 1.82) is 10.5 Å². The molecule has 20 heavy (non-hydrogen) atoms. The minimum atomic E-state index is 0.224. The summed E-state index contributed by atoms with van der Waals surface area (Å²) in [6, 6.07) is 11.2. The number of hydrogen-bond donors (Lipinski definition) is 1. The van der Waals surface area contributed by atoms with Gasteiger partial charge >= 0.3 is 0 Å². The predicted molar refractivity (Wildman–Crippen MR) is 72.4 cm³/mol. The van der Waals surface area contributed by atoms with Crippen molar-refractivity contribution in [3.8, 4) is 34.1 Å². The van der Waals surface area contributed by atoms with Gasteiger partial charge in [0.25, 0.3) is 0 Å². The fourth-order valence-corrected chi connectivity index (χ4v) is 2.50. The molecule has 7 heteroatoms. The van der Waals surface area contributed by atoms with Gasteiger partial charge in [-0.25, -0.2) is 4.98 Å². The number of benzene rings is 1. The van der Waals surface area contributed by atoms with Crippen LogP contribution in [0.15, 0.2) is 29.6 Å². The first-order valence-corrected chi connectivity index (χ1v) is 6.47. The molecule has 0 unspecified atom stereocenters. The van der Waals surface area contributed by atoms with Gasteiger partial charge < -0.3 is 0 Å². The van der Waals surface area contributed by atoms with E-state index in [4.69, 9.17) is 10.5 Å². The summed E-state index contributed by atoms with van der Waals surface area (Å²) in [5.41, 5.74) is 2.81. The quantitative estimate of drug-likeness (QED) is 0.775. The standard InChI is InChI=1S/C13H6N6S/c14-5-8-1-3-9(4-2-8)13-16-11(7-20-13)12-10(6-15)17-19-18-12/h1-4,7H,(H,17,18,19). The highest BCUT2D eigenvalue weighted by molar-refractivity contribution is 7.13. The summed E-state index contributed by atoms with van der Waals surface area (Å²) in [6.45, 7) is 0. The van der Waals surface area contributed by atoms with Crippen LogP contribution in [0.1, 0.15) is 11.3 Å². The third kappa shape index (κ3) is 2.03. The lowest BCUT2D eigenvalue weighted by atomic mass is 10.1. The lowest BCUT2D eigenvalue weighted by Gasteiger charge is -1.95. The fourth-order valence-electron chi connectivity index (χ4n) is 1.69. The van der Waals surface area contributed by atoms with Crippen molar-refractivity contribution in [1.82, 2.24) is 20.4 Å². The Labute approximate surface area is 118 Å². The van der Waals surface area contributed by atoms with Gasteiger partial charge in [0.05, 0.1) is 11.6 Å². The SMILES string of the molecule is N#Cc1ccc(-c2nc(-c3n[nH]nc3C#N)cs2)cc1. The Hall–Kier alpha value is -3.03. The molecule has 0 fully saturated rings. The summed E-state index contributed by atoms with van der Waals surface area (Å²) < 4.78 is 0. The van der Waals surface area contributed by atoms with Crippen molar-refractivity contribution in [2.24, 2.45) is 0 Å². The van der Waals surface area contributed by atoms with Crippen LogP contribution in [0.4, 0.5) is 0 Å². The van der Waals surface area contributed by atoms with Gasteiger partial charge in [-0.1, -0.05) is 12.1 Å². The van der Waals surface area contributed by atoms with Gasteiger partial charge in [0, 0.05) is 10.9 Å². The van der Waals surface area contributed by atoms with Crippen LogP contribution in [-0.4, -0.2) is 20.4 Å². The molecule has 3 rings (SSSR count). The highest BCUT2D eigenvalue weighted by Crippen LogP contribution is 2.28. The molecule has 0 amide bonds. The molecule has 2 heterocycles. The number of aromatic amines is 1. The first kappa shape index (κ1) is 12.0. The Morgan fingerprint density at radius 2 is 1.85 bits per heavy atom. The molecule has 1 aromatic carbocycles. The van der Waals surface area contributed by atoms with Crippen LogP contribution in [0.2, 0.25) is 0 Å². The van der Waals surface area contributed by atoms with Crippen molar-refractivity contribution in [3.63, 3.8) is 0 Å². The minimum Gasteiger partial charge on any atom is -0.234 e. The molecule has 0 saturated heterocycles. The molecule has 1 N–H and O–H groups in total. The molecule has 0 aliphatic heterocycles. The molecule has 0 radical (unpaired) electrons. The smallest absolute Gasteiger partial charge is 0.192 e. The fraction of sp³-hybridized carbons (Fsp3) is 0. The van der Waals surface area contributed by atoms with Crippen LogP contribution < -0.4 is 0 Å². The molecular weight excluding hydrogens is 272 g/mol. The highest BCUT2D eigenvalue weighted by Gasteiger charge is 2.14. The van der Waals surface area contributed by atoms with Crippen LogP contribution in [0.5, 0.6) is 0 Å². The lowest BCUT2D eigenvalue weighted by molar-refractivity contribution is 0.936. The van der Waals surface area contributed by atoms with Gasteiger partial charge in [0.1, 0.15) is 22.5 Å². The maximum absolute atomic E-state index is 8.92. The first-order chi connectivity index (χ1) is 9.81. The Kier molecular flexibility index (Phi) is 2.96. The van der Waals surface area contributed by atoms with E-state index in [2.05, 4.69) is 26.5 Å². The van der Waals surface area contributed by atoms with Gasteiger partial charge in [-0.2, -0.15) is 20.8 Å². The molecule has 3 aromatic rings. The van der Waals surface area contributed by atoms with Crippen molar-refractivity contribution in [2.45, 2.75) is 0 Å². The summed E-state index contributed by atoms with van der Waals surface area (Å²) >= 11 is 1.45. The molecule has 0 spiro atoms. The van der Waals surface area contributed by atoms with Gasteiger partial charge in [-0.3, -0.25) is 0 Å². The van der Waals surface area contributed by atoms with Crippen molar-refractivity contribution >= 4 is 11.3 Å². The van der Waals surface area contributed by atoms with Gasteiger partial charge in [-0.15, -0.1) is 16.4 Å². The molecule has 94 valence electrons. The Morgan fingerprint density at radius 3 is 2.55 bits per heavy atom. The van der Waals surface area contributed by atoms with E-state index in [0.717, 1.165) is 10.6 Å². The van der Waals surface area contributed by atoms with Crippen LogP contribution in [-0.2, 0) is 0 Å². The Bertz CT molecular complexity index is 831. The summed E-state index contributed by atoms with van der Waals surface area (Å²) in [5, 5.41) is 30.4. The average molecular weight is 278 g/mol. The Balaban J connectivity index is 1.98. The van der Waals surface area contributed by atoms with Crippen molar-refractivity contribution < 1.29 is 0 Å². The predicted octanol–water partition coefficient (Wildman–Crippen LogP) is 2.34. The van der Waals surface area contributed by atoms with E-state index >= 15 is 0 Å². The van der Waals surface area contributed by atoms with Gasteiger partial charge in [-0.05, 0) is 12.1 Å². The summed E-state index contributed by atoms with van der Waals surface area (Å²) in [6.07, 6.45) is 0. The van der Waals surface area contributed by atoms with Gasteiger partial charge in [0.2, 0.25) is 0 Å². The minimum absolute atomic E-state index is 0.224. The van der Waals surface area contributed by atoms with Crippen LogP contribution in [0, 0.1) is 22.7 Å². The first-order valence-electron chi connectivity index (χ1n) is 5.59. The van der Waals surface area contributed by atoms with Crippen molar-refractivity contribution in [2.75, 3.05) is 0 Å². The normalized spacial score (nSPS) is 9.90. The van der Waals surface area contributed by atoms with E-state index in [0.29, 0.717) is 17.0 Å². The second-order valence-electron chi connectivity index (χ2n) is 3.86. The highest BCUT2D eigenvalue weighted by atomic mass is 32.1. The second-order valence-corrected chi connectivity index (χ2v) is 4.72. The van der Waals surface area contributed by atoms with E-state index in [-0.39, 0.29) is 5.69 Å². The molecule has 0 bridgehead atoms. The largest absolute Gasteiger partial charge is 0.234 e. The van der Waals surface area contributed by atoms with Crippen LogP contribution >= 0.6 is 11.3 Å². The van der Waals surface area contributed by atoms with Crippen LogP contribution in [0.3, 0.4) is 0 Å². The summed E-state index contributed by atoms with van der Waals surface area (Å²) in [4.78, 5) is 4.45.